The fraction of sp³-hybridized carbons (Fsp3) is 0.514. The van der Waals surface area contributed by atoms with E-state index in [4.69, 9.17) is 24.2 Å². The summed E-state index contributed by atoms with van der Waals surface area (Å²) in [5, 5.41) is 9.37. The monoisotopic (exact) mass is 643 g/mol. The second-order valence-corrected chi connectivity index (χ2v) is 13.9. The minimum Gasteiger partial charge on any atom is -0.466 e. The molecule has 4 aromatic rings. The summed E-state index contributed by atoms with van der Waals surface area (Å²) in [5.41, 5.74) is 3.63. The van der Waals surface area contributed by atoms with Gasteiger partial charge in [-0.05, 0) is 85.1 Å². The Hall–Kier alpha value is -4.45. The van der Waals surface area contributed by atoms with Gasteiger partial charge >= 0.3 is 6.09 Å². The van der Waals surface area contributed by atoms with Crippen LogP contribution in [0.4, 0.5) is 10.5 Å². The van der Waals surface area contributed by atoms with E-state index in [1.165, 1.54) is 0 Å². The second kappa shape index (κ2) is 12.6. The summed E-state index contributed by atoms with van der Waals surface area (Å²) in [5.74, 6) is 0.720. The molecule has 250 valence electrons. The van der Waals surface area contributed by atoms with Gasteiger partial charge in [0.2, 0.25) is 0 Å². The molecule has 2 atom stereocenters. The quantitative estimate of drug-likeness (QED) is 0.257. The molecule has 0 unspecified atom stereocenters. The van der Waals surface area contributed by atoms with Crippen molar-refractivity contribution in [2.75, 3.05) is 31.9 Å². The van der Waals surface area contributed by atoms with Crippen molar-refractivity contribution in [3.8, 4) is 17.1 Å². The van der Waals surface area contributed by atoms with Gasteiger partial charge in [-0.2, -0.15) is 5.10 Å². The first-order valence-electron chi connectivity index (χ1n) is 16.3. The van der Waals surface area contributed by atoms with Crippen LogP contribution in [0.3, 0.4) is 0 Å². The maximum atomic E-state index is 13.9. The lowest BCUT2D eigenvalue weighted by Crippen LogP contribution is -2.59. The molecular formula is C35H45N7O5. The van der Waals surface area contributed by atoms with Gasteiger partial charge < -0.3 is 24.4 Å². The number of hydrogen-bond donors (Lipinski definition) is 1. The number of carbonyl (C=O) groups is 2. The number of amides is 2. The van der Waals surface area contributed by atoms with Crippen LogP contribution < -0.4 is 15.0 Å². The molecule has 1 saturated heterocycles. The molecule has 1 aliphatic carbocycles. The van der Waals surface area contributed by atoms with Gasteiger partial charge in [0.05, 0.1) is 28.7 Å². The van der Waals surface area contributed by atoms with Gasteiger partial charge in [-0.15, -0.1) is 0 Å². The summed E-state index contributed by atoms with van der Waals surface area (Å²) in [6.07, 6.45) is 4.64. The van der Waals surface area contributed by atoms with Crippen LogP contribution in [0.2, 0.25) is 0 Å². The molecular weight excluding hydrogens is 598 g/mol. The lowest BCUT2D eigenvalue weighted by atomic mass is 9.93. The number of aryl methyl sites for hydroxylation is 2. The van der Waals surface area contributed by atoms with Crippen LogP contribution in [0, 0.1) is 6.92 Å². The SMILES string of the molecule is COCOc1c(-c2nc(C(=O)NC3CCC3)c3cc(N4C[C@@H](C)N(C(=O)OC(C)(C)C)[C@@H](C)C4)ccc3n2)cc2cn(C)nc2c1C. The van der Waals surface area contributed by atoms with Crippen molar-refractivity contribution in [3.05, 3.63) is 41.7 Å². The number of methoxy groups -OCH3 is 1. The Labute approximate surface area is 275 Å². The zero-order valence-corrected chi connectivity index (χ0v) is 28.6. The average molecular weight is 644 g/mol. The summed E-state index contributed by atoms with van der Waals surface area (Å²) in [4.78, 5) is 40.9. The maximum Gasteiger partial charge on any atom is 0.410 e. The Morgan fingerprint density at radius 1 is 1.06 bits per heavy atom. The van der Waals surface area contributed by atoms with Gasteiger partial charge in [0, 0.05) is 61.5 Å². The van der Waals surface area contributed by atoms with Gasteiger partial charge in [0.1, 0.15) is 17.0 Å². The molecule has 3 heterocycles. The highest BCUT2D eigenvalue weighted by Crippen LogP contribution is 2.38. The van der Waals surface area contributed by atoms with E-state index in [2.05, 4.69) is 15.3 Å². The summed E-state index contributed by atoms with van der Waals surface area (Å²) in [7, 11) is 3.45. The normalized spacial score (nSPS) is 18.8. The third-order valence-electron chi connectivity index (χ3n) is 8.88. The van der Waals surface area contributed by atoms with Gasteiger partial charge in [0.25, 0.3) is 5.91 Å². The average Bonchev–Trinajstić information content (AvgIpc) is 3.36. The van der Waals surface area contributed by atoms with E-state index in [0.717, 1.165) is 41.4 Å². The van der Waals surface area contributed by atoms with Crippen molar-refractivity contribution >= 4 is 39.5 Å². The lowest BCUT2D eigenvalue weighted by Gasteiger charge is -2.45. The molecule has 12 heteroatoms. The Kier molecular flexibility index (Phi) is 8.73. The number of nitrogens with zero attached hydrogens (tertiary/aromatic N) is 6. The number of rotatable bonds is 7. The van der Waals surface area contributed by atoms with Crippen LogP contribution in [-0.4, -0.2) is 87.4 Å². The second-order valence-electron chi connectivity index (χ2n) is 13.9. The minimum atomic E-state index is -0.569. The summed E-state index contributed by atoms with van der Waals surface area (Å²) in [6, 6.07) is 7.88. The van der Waals surface area contributed by atoms with Crippen LogP contribution in [0.1, 0.15) is 69.9 Å². The molecule has 0 spiro atoms. The predicted octanol–water partition coefficient (Wildman–Crippen LogP) is 5.59. The van der Waals surface area contributed by atoms with Crippen molar-refractivity contribution in [2.45, 2.75) is 84.5 Å². The first-order chi connectivity index (χ1) is 22.3. The molecule has 12 nitrogen and oxygen atoms in total. The van der Waals surface area contributed by atoms with Crippen LogP contribution in [0.5, 0.6) is 5.75 Å². The van der Waals surface area contributed by atoms with E-state index in [9.17, 15) is 9.59 Å². The first kappa shape index (κ1) is 32.5. The molecule has 6 rings (SSSR count). The molecule has 47 heavy (non-hydrogen) atoms. The van der Waals surface area contributed by atoms with Crippen molar-refractivity contribution in [2.24, 2.45) is 7.05 Å². The highest BCUT2D eigenvalue weighted by Gasteiger charge is 2.36. The third-order valence-corrected chi connectivity index (χ3v) is 8.88. The summed E-state index contributed by atoms with van der Waals surface area (Å²) < 4.78 is 18.8. The van der Waals surface area contributed by atoms with Crippen molar-refractivity contribution in [1.29, 1.82) is 0 Å². The number of benzene rings is 2. The number of ether oxygens (including phenoxy) is 3. The standard InChI is InChI=1S/C35H45N7O5/c1-20-16-41(17-21(2)42(20)34(44)47-35(4,5)6)25-12-13-28-26(15-25)30(33(43)36-24-10-9-11-24)38-32(37-28)27-14-23-18-40(7)39-29(23)22(3)31(27)46-19-45-8/h12-15,18,20-21,24H,9-11,16-17,19H2,1-8H3,(H,36,43)/t20-,21+. The van der Waals surface area contributed by atoms with E-state index in [1.54, 1.807) is 11.8 Å². The smallest absolute Gasteiger partial charge is 0.410 e. The zero-order chi connectivity index (χ0) is 33.6. The van der Waals surface area contributed by atoms with Gasteiger partial charge in [0.15, 0.2) is 12.6 Å². The number of aromatic nitrogens is 4. The number of anilines is 1. The van der Waals surface area contributed by atoms with Gasteiger partial charge in [-0.25, -0.2) is 14.8 Å². The predicted molar refractivity (Wildman–Crippen MR) is 181 cm³/mol. The first-order valence-corrected chi connectivity index (χ1v) is 16.3. The van der Waals surface area contributed by atoms with Crippen LogP contribution in [0.15, 0.2) is 30.5 Å². The van der Waals surface area contributed by atoms with Crippen LogP contribution in [-0.2, 0) is 16.5 Å². The third kappa shape index (κ3) is 6.56. The molecule has 1 saturated carbocycles. The van der Waals surface area contributed by atoms with E-state index < -0.39 is 5.60 Å². The van der Waals surface area contributed by atoms with E-state index in [-0.39, 0.29) is 36.9 Å². The van der Waals surface area contributed by atoms with Crippen LogP contribution >= 0.6 is 0 Å². The molecule has 2 aromatic heterocycles. The molecule has 2 aliphatic rings. The largest absolute Gasteiger partial charge is 0.466 e. The lowest BCUT2D eigenvalue weighted by molar-refractivity contribution is 0.00564. The van der Waals surface area contributed by atoms with Crippen molar-refractivity contribution in [3.63, 3.8) is 0 Å². The molecule has 2 aromatic carbocycles. The van der Waals surface area contributed by atoms with Crippen molar-refractivity contribution in [1.82, 2.24) is 30.0 Å². The number of piperazine rings is 1. The minimum absolute atomic E-state index is 0.0379. The number of hydrogen-bond acceptors (Lipinski definition) is 9. The highest BCUT2D eigenvalue weighted by molar-refractivity contribution is 6.06. The Bertz CT molecular complexity index is 1810. The number of fused-ring (bicyclic) bond motifs is 2. The topological polar surface area (TPSA) is 124 Å². The molecule has 2 amide bonds. The fourth-order valence-corrected chi connectivity index (χ4v) is 6.53. The number of carbonyl (C=O) groups excluding carboxylic acids is 2. The van der Waals surface area contributed by atoms with Crippen molar-refractivity contribution < 1.29 is 23.8 Å². The maximum absolute atomic E-state index is 13.9. The Morgan fingerprint density at radius 3 is 2.43 bits per heavy atom. The van der Waals surface area contributed by atoms with E-state index in [0.29, 0.717) is 46.8 Å². The molecule has 2 fully saturated rings. The highest BCUT2D eigenvalue weighted by atomic mass is 16.7. The van der Waals surface area contributed by atoms with Crippen LogP contribution in [0.25, 0.3) is 33.2 Å². The van der Waals surface area contributed by atoms with E-state index >= 15 is 0 Å². The Morgan fingerprint density at radius 2 is 1.79 bits per heavy atom. The zero-order valence-electron chi connectivity index (χ0n) is 28.6. The molecule has 0 bridgehead atoms. The molecule has 0 radical (unpaired) electrons. The molecule has 1 N–H and O–H groups in total. The van der Waals surface area contributed by atoms with Gasteiger partial charge in [-0.3, -0.25) is 14.4 Å². The Balaban J connectivity index is 1.41. The number of nitrogens with one attached hydrogen (secondary N) is 1. The molecule has 1 aliphatic heterocycles. The summed E-state index contributed by atoms with van der Waals surface area (Å²) in [6.45, 7) is 12.9. The summed E-state index contributed by atoms with van der Waals surface area (Å²) >= 11 is 0. The van der Waals surface area contributed by atoms with Gasteiger partial charge in [-0.1, -0.05) is 0 Å². The van der Waals surface area contributed by atoms with E-state index in [1.807, 2.05) is 84.0 Å². The fourth-order valence-electron chi connectivity index (χ4n) is 6.53.